The lowest BCUT2D eigenvalue weighted by molar-refractivity contribution is 0.0600. The largest absolute Gasteiger partial charge is 0.489 e. The summed E-state index contributed by atoms with van der Waals surface area (Å²) in [6.45, 7) is 0.0147. The maximum absolute atomic E-state index is 12.8. The summed E-state index contributed by atoms with van der Waals surface area (Å²) in [6.07, 6.45) is 1.77. The van der Waals surface area contributed by atoms with Gasteiger partial charge < -0.3 is 14.6 Å². The van der Waals surface area contributed by atoms with Gasteiger partial charge in [-0.2, -0.15) is 0 Å². The number of carbonyl (C=O) groups excluding carboxylic acids is 1. The molecular weight excluding hydrogens is 299 g/mol. The molecule has 0 atom stereocenters. The predicted octanol–water partition coefficient (Wildman–Crippen LogP) is 3.07. The SMILES string of the molecule is COC(=O)c1ccc(C=C(CO)COc2ccc(F)cc2)cc1. The third-order valence-corrected chi connectivity index (χ3v) is 3.14. The van der Waals surface area contributed by atoms with Crippen molar-refractivity contribution >= 4 is 12.0 Å². The highest BCUT2D eigenvalue weighted by atomic mass is 19.1. The molecule has 0 heterocycles. The van der Waals surface area contributed by atoms with Gasteiger partial charge >= 0.3 is 5.97 Å². The fourth-order valence-electron chi connectivity index (χ4n) is 1.91. The van der Waals surface area contributed by atoms with Gasteiger partial charge in [-0.1, -0.05) is 18.2 Å². The van der Waals surface area contributed by atoms with Gasteiger partial charge in [0.1, 0.15) is 18.2 Å². The molecule has 0 aliphatic heterocycles. The molecular formula is C18H17FO4. The van der Waals surface area contributed by atoms with E-state index in [4.69, 9.17) is 4.74 Å². The molecule has 1 N–H and O–H groups in total. The highest BCUT2D eigenvalue weighted by Crippen LogP contribution is 2.14. The quantitative estimate of drug-likeness (QED) is 0.832. The molecule has 0 saturated carbocycles. The Morgan fingerprint density at radius 2 is 1.78 bits per heavy atom. The van der Waals surface area contributed by atoms with Crippen LogP contribution in [0.3, 0.4) is 0 Å². The van der Waals surface area contributed by atoms with E-state index in [0.29, 0.717) is 16.9 Å². The van der Waals surface area contributed by atoms with Crippen molar-refractivity contribution in [2.45, 2.75) is 0 Å². The van der Waals surface area contributed by atoms with Crippen LogP contribution in [0.15, 0.2) is 54.1 Å². The van der Waals surface area contributed by atoms with Crippen molar-refractivity contribution in [3.8, 4) is 5.75 Å². The molecule has 0 bridgehead atoms. The molecule has 23 heavy (non-hydrogen) atoms. The van der Waals surface area contributed by atoms with Gasteiger partial charge in [-0.05, 0) is 47.5 Å². The summed E-state index contributed by atoms with van der Waals surface area (Å²) in [7, 11) is 1.33. The molecule has 0 unspecified atom stereocenters. The molecule has 0 fully saturated rings. The number of hydrogen-bond donors (Lipinski definition) is 1. The van der Waals surface area contributed by atoms with Crippen LogP contribution in [0.1, 0.15) is 15.9 Å². The predicted molar refractivity (Wildman–Crippen MR) is 84.7 cm³/mol. The first kappa shape index (κ1) is 16.7. The molecule has 0 amide bonds. The van der Waals surface area contributed by atoms with Crippen molar-refractivity contribution in [1.82, 2.24) is 0 Å². The Kier molecular flexibility index (Phi) is 5.88. The molecule has 0 aliphatic carbocycles. The number of esters is 1. The lowest BCUT2D eigenvalue weighted by Crippen LogP contribution is -2.05. The van der Waals surface area contributed by atoms with Crippen LogP contribution in [-0.4, -0.2) is 31.4 Å². The summed E-state index contributed by atoms with van der Waals surface area (Å²) < 4.78 is 22.9. The molecule has 0 aliphatic rings. The molecule has 2 aromatic carbocycles. The highest BCUT2D eigenvalue weighted by molar-refractivity contribution is 5.89. The summed E-state index contributed by atoms with van der Waals surface area (Å²) >= 11 is 0. The molecule has 0 radical (unpaired) electrons. The van der Waals surface area contributed by atoms with Crippen LogP contribution in [-0.2, 0) is 4.74 Å². The molecule has 2 rings (SSSR count). The smallest absolute Gasteiger partial charge is 0.337 e. The van der Waals surface area contributed by atoms with E-state index in [9.17, 15) is 14.3 Å². The minimum absolute atomic E-state index is 0.167. The number of ether oxygens (including phenoxy) is 2. The Bertz CT molecular complexity index is 675. The summed E-state index contributed by atoms with van der Waals surface area (Å²) in [5.74, 6) is -0.213. The number of carbonyl (C=O) groups is 1. The van der Waals surface area contributed by atoms with E-state index in [1.54, 1.807) is 30.3 Å². The highest BCUT2D eigenvalue weighted by Gasteiger charge is 2.04. The molecule has 0 spiro atoms. The zero-order chi connectivity index (χ0) is 16.7. The van der Waals surface area contributed by atoms with Crippen LogP contribution in [0.25, 0.3) is 6.08 Å². The summed E-state index contributed by atoms with van der Waals surface area (Å²) in [6, 6.07) is 12.5. The standard InChI is InChI=1S/C18H17FO4/c1-22-18(21)15-4-2-13(3-5-15)10-14(11-20)12-23-17-8-6-16(19)7-9-17/h2-10,20H,11-12H2,1H3. The van der Waals surface area contributed by atoms with Gasteiger partial charge in [-0.15, -0.1) is 0 Å². The van der Waals surface area contributed by atoms with Crippen LogP contribution < -0.4 is 4.74 Å². The van der Waals surface area contributed by atoms with Crippen molar-refractivity contribution in [3.63, 3.8) is 0 Å². The Balaban J connectivity index is 2.03. The maximum atomic E-state index is 12.8. The first-order chi connectivity index (χ1) is 11.1. The molecule has 0 saturated heterocycles. The van der Waals surface area contributed by atoms with Crippen LogP contribution in [0.5, 0.6) is 5.75 Å². The third kappa shape index (κ3) is 4.93. The Morgan fingerprint density at radius 3 is 2.35 bits per heavy atom. The molecule has 0 aromatic heterocycles. The van der Waals surface area contributed by atoms with Crippen molar-refractivity contribution in [3.05, 3.63) is 71.0 Å². The Morgan fingerprint density at radius 1 is 1.13 bits per heavy atom. The summed E-state index contributed by atoms with van der Waals surface area (Å²) in [5.41, 5.74) is 1.93. The van der Waals surface area contributed by atoms with Crippen molar-refractivity contribution < 1.29 is 23.8 Å². The van der Waals surface area contributed by atoms with E-state index >= 15 is 0 Å². The van der Waals surface area contributed by atoms with Crippen LogP contribution in [0, 0.1) is 5.82 Å². The zero-order valence-electron chi connectivity index (χ0n) is 12.7. The van der Waals surface area contributed by atoms with E-state index in [0.717, 1.165) is 5.56 Å². The number of halogens is 1. The second kappa shape index (κ2) is 8.10. The van der Waals surface area contributed by atoms with E-state index < -0.39 is 5.97 Å². The van der Waals surface area contributed by atoms with E-state index in [2.05, 4.69) is 4.74 Å². The van der Waals surface area contributed by atoms with Gasteiger partial charge in [-0.3, -0.25) is 0 Å². The monoisotopic (exact) mass is 316 g/mol. The fourth-order valence-corrected chi connectivity index (χ4v) is 1.91. The summed E-state index contributed by atoms with van der Waals surface area (Å²) in [5, 5.41) is 9.41. The maximum Gasteiger partial charge on any atom is 0.337 e. The first-order valence-electron chi connectivity index (χ1n) is 6.99. The number of aliphatic hydroxyl groups is 1. The number of methoxy groups -OCH3 is 1. The van der Waals surface area contributed by atoms with Gasteiger partial charge in [0.15, 0.2) is 0 Å². The topological polar surface area (TPSA) is 55.8 Å². The minimum atomic E-state index is -0.400. The first-order valence-corrected chi connectivity index (χ1v) is 6.99. The second-order valence-corrected chi connectivity index (χ2v) is 4.82. The van der Waals surface area contributed by atoms with Crippen molar-refractivity contribution in [1.29, 1.82) is 0 Å². The lowest BCUT2D eigenvalue weighted by atomic mass is 10.1. The average Bonchev–Trinajstić information content (AvgIpc) is 2.59. The van der Waals surface area contributed by atoms with E-state index in [1.165, 1.54) is 31.4 Å². The van der Waals surface area contributed by atoms with Crippen LogP contribution in [0.4, 0.5) is 4.39 Å². The van der Waals surface area contributed by atoms with Gasteiger partial charge in [0.2, 0.25) is 0 Å². The van der Waals surface area contributed by atoms with Crippen molar-refractivity contribution in [2.75, 3.05) is 20.3 Å². The normalized spacial score (nSPS) is 11.2. The molecule has 4 nitrogen and oxygen atoms in total. The van der Waals surface area contributed by atoms with Gasteiger partial charge in [-0.25, -0.2) is 9.18 Å². The Hall–Kier alpha value is -2.66. The molecule has 120 valence electrons. The molecule has 5 heteroatoms. The number of benzene rings is 2. The molecule has 2 aromatic rings. The van der Waals surface area contributed by atoms with Gasteiger partial charge in [0, 0.05) is 0 Å². The van der Waals surface area contributed by atoms with Crippen LogP contribution in [0.2, 0.25) is 0 Å². The summed E-state index contributed by atoms with van der Waals surface area (Å²) in [4.78, 5) is 11.4. The number of rotatable bonds is 6. The number of hydrogen-bond acceptors (Lipinski definition) is 4. The van der Waals surface area contributed by atoms with E-state index in [-0.39, 0.29) is 19.0 Å². The zero-order valence-corrected chi connectivity index (χ0v) is 12.7. The fraction of sp³-hybridized carbons (Fsp3) is 0.167. The average molecular weight is 316 g/mol. The van der Waals surface area contributed by atoms with Crippen molar-refractivity contribution in [2.24, 2.45) is 0 Å². The Labute approximate surface area is 133 Å². The third-order valence-electron chi connectivity index (χ3n) is 3.14. The lowest BCUT2D eigenvalue weighted by Gasteiger charge is -2.08. The minimum Gasteiger partial charge on any atom is -0.489 e. The van der Waals surface area contributed by atoms with Crippen LogP contribution >= 0.6 is 0 Å². The second-order valence-electron chi connectivity index (χ2n) is 4.82. The van der Waals surface area contributed by atoms with Gasteiger partial charge in [0.05, 0.1) is 19.3 Å². The number of aliphatic hydroxyl groups excluding tert-OH is 1. The van der Waals surface area contributed by atoms with Gasteiger partial charge in [0.25, 0.3) is 0 Å². The van der Waals surface area contributed by atoms with E-state index in [1.807, 2.05) is 0 Å².